The number of nitrogens with one attached hydrogen (secondary N) is 2. The van der Waals surface area contributed by atoms with Gasteiger partial charge in [-0.05, 0) is 72.8 Å². The summed E-state index contributed by atoms with van der Waals surface area (Å²) in [6.07, 6.45) is 4.07. The largest absolute Gasteiger partial charge is 0.423 e. The summed E-state index contributed by atoms with van der Waals surface area (Å²) in [5.41, 5.74) is 4.69. The first kappa shape index (κ1) is 31.6. The van der Waals surface area contributed by atoms with Crippen LogP contribution in [0.4, 0.5) is 5.69 Å². The monoisotopic (exact) mass is 653 g/mol. The molecule has 0 aliphatic heterocycles. The van der Waals surface area contributed by atoms with Crippen molar-refractivity contribution in [3.63, 3.8) is 0 Å². The van der Waals surface area contributed by atoms with E-state index in [1.165, 1.54) is 18.4 Å². The summed E-state index contributed by atoms with van der Waals surface area (Å²) >= 11 is 3.33. The number of esters is 2. The van der Waals surface area contributed by atoms with E-state index < -0.39 is 17.8 Å². The molecule has 0 unspecified atom stereocenters. The molecule has 10 heteroatoms. The van der Waals surface area contributed by atoms with Crippen molar-refractivity contribution in [2.45, 2.75) is 13.8 Å². The number of carbonyl (C=O) groups is 4. The third kappa shape index (κ3) is 9.07. The zero-order valence-corrected chi connectivity index (χ0v) is 25.4. The minimum absolute atomic E-state index is 0.121. The number of rotatable bonds is 10. The van der Waals surface area contributed by atoms with Crippen molar-refractivity contribution in [1.82, 2.24) is 5.43 Å². The van der Waals surface area contributed by atoms with Crippen molar-refractivity contribution in [2.24, 2.45) is 11.0 Å². The van der Waals surface area contributed by atoms with Crippen molar-refractivity contribution in [2.75, 3.05) is 5.32 Å². The summed E-state index contributed by atoms with van der Waals surface area (Å²) in [4.78, 5) is 49.6. The van der Waals surface area contributed by atoms with Gasteiger partial charge in [-0.2, -0.15) is 5.10 Å². The molecule has 0 aliphatic rings. The Hall–Kier alpha value is -5.35. The van der Waals surface area contributed by atoms with Crippen molar-refractivity contribution in [1.29, 1.82) is 0 Å². The van der Waals surface area contributed by atoms with Crippen molar-refractivity contribution in [3.05, 3.63) is 130 Å². The molecule has 4 rings (SSSR count). The van der Waals surface area contributed by atoms with Gasteiger partial charge in [-0.25, -0.2) is 15.0 Å². The molecular formula is C34H28BrN3O6. The van der Waals surface area contributed by atoms with E-state index >= 15 is 0 Å². The molecule has 0 radical (unpaired) electrons. The maximum Gasteiger partial charge on any atom is 0.343 e. The second-order valence-electron chi connectivity index (χ2n) is 9.65. The van der Waals surface area contributed by atoms with Crippen molar-refractivity contribution in [3.8, 4) is 11.5 Å². The zero-order chi connectivity index (χ0) is 31.5. The third-order valence-corrected chi connectivity index (χ3v) is 6.57. The zero-order valence-electron chi connectivity index (χ0n) is 23.8. The Balaban J connectivity index is 1.36. The van der Waals surface area contributed by atoms with Crippen LogP contribution in [0.5, 0.6) is 11.5 Å². The van der Waals surface area contributed by atoms with E-state index in [0.717, 1.165) is 4.47 Å². The van der Waals surface area contributed by atoms with Crippen LogP contribution in [0.2, 0.25) is 0 Å². The predicted octanol–water partition coefficient (Wildman–Crippen LogP) is 6.65. The first-order chi connectivity index (χ1) is 21.2. The van der Waals surface area contributed by atoms with Gasteiger partial charge in [-0.15, -0.1) is 0 Å². The van der Waals surface area contributed by atoms with Crippen molar-refractivity contribution < 1.29 is 28.7 Å². The van der Waals surface area contributed by atoms with Gasteiger partial charge in [-0.3, -0.25) is 9.59 Å². The van der Waals surface area contributed by atoms with Gasteiger partial charge in [0.05, 0.1) is 11.8 Å². The molecule has 0 fully saturated rings. The Bertz CT molecular complexity index is 1710. The molecule has 44 heavy (non-hydrogen) atoms. The summed E-state index contributed by atoms with van der Waals surface area (Å²) in [6, 6.07) is 26.7. The summed E-state index contributed by atoms with van der Waals surface area (Å²) < 4.78 is 11.9. The second kappa shape index (κ2) is 15.2. The van der Waals surface area contributed by atoms with E-state index in [2.05, 4.69) is 31.8 Å². The van der Waals surface area contributed by atoms with Gasteiger partial charge in [-0.1, -0.05) is 60.1 Å². The number of anilines is 1. The first-order valence-corrected chi connectivity index (χ1v) is 14.3. The Labute approximate surface area is 262 Å². The Morgan fingerprint density at radius 1 is 0.750 bits per heavy atom. The van der Waals surface area contributed by atoms with E-state index in [-0.39, 0.29) is 23.3 Å². The van der Waals surface area contributed by atoms with Gasteiger partial charge in [0.1, 0.15) is 11.5 Å². The lowest BCUT2D eigenvalue weighted by molar-refractivity contribution is -0.129. The molecule has 2 amide bonds. The van der Waals surface area contributed by atoms with Crippen LogP contribution in [0.25, 0.3) is 6.08 Å². The standard InChI is InChI=1S/C34H28BrN3O6/c1-22(2)32(40)37-28-18-13-24(14-19-28)33(41)38-36-21-26-8-4-6-10-30(26)43-31(39)20-15-23-7-3-5-9-29(23)44-34(42)25-11-16-27(35)17-12-25/h3-22H,1-2H3,(H,37,40)(H,38,41)/b20-15+,36-21+. The fraction of sp³-hybridized carbons (Fsp3) is 0.0882. The molecule has 0 atom stereocenters. The summed E-state index contributed by atoms with van der Waals surface area (Å²) in [5, 5.41) is 6.75. The highest BCUT2D eigenvalue weighted by atomic mass is 79.9. The topological polar surface area (TPSA) is 123 Å². The summed E-state index contributed by atoms with van der Waals surface area (Å²) in [5.74, 6) is -1.45. The van der Waals surface area contributed by atoms with Gasteiger partial charge in [0.2, 0.25) is 5.91 Å². The molecule has 0 spiro atoms. The third-order valence-electron chi connectivity index (χ3n) is 6.04. The maximum atomic E-state index is 12.7. The van der Waals surface area contributed by atoms with Gasteiger partial charge in [0.15, 0.2) is 0 Å². The van der Waals surface area contributed by atoms with Gasteiger partial charge in [0.25, 0.3) is 5.91 Å². The number of hydrazone groups is 1. The van der Waals surface area contributed by atoms with Crippen molar-refractivity contribution >= 4 is 57.7 Å². The molecule has 4 aromatic carbocycles. The average Bonchev–Trinajstić information content (AvgIpc) is 3.02. The maximum absolute atomic E-state index is 12.7. The molecule has 0 saturated heterocycles. The molecule has 0 aliphatic carbocycles. The molecule has 0 aromatic heterocycles. The second-order valence-corrected chi connectivity index (χ2v) is 10.6. The van der Waals surface area contributed by atoms with E-state index in [1.54, 1.807) is 111 Å². The quantitative estimate of drug-likeness (QED) is 0.0650. The van der Waals surface area contributed by atoms with Crippen LogP contribution in [-0.4, -0.2) is 30.0 Å². The van der Waals surface area contributed by atoms with Gasteiger partial charge < -0.3 is 14.8 Å². The summed E-state index contributed by atoms with van der Waals surface area (Å²) in [6.45, 7) is 3.58. The normalized spacial score (nSPS) is 11.0. The molecule has 2 N–H and O–H groups in total. The van der Waals surface area contributed by atoms with Gasteiger partial charge >= 0.3 is 11.9 Å². The van der Waals surface area contributed by atoms with Crippen LogP contribution >= 0.6 is 15.9 Å². The molecular weight excluding hydrogens is 626 g/mol. The van der Waals surface area contributed by atoms with Crippen LogP contribution < -0.4 is 20.2 Å². The number of amides is 2. The molecule has 0 saturated carbocycles. The van der Waals surface area contributed by atoms with Crippen LogP contribution in [0, 0.1) is 5.92 Å². The SMILES string of the molecule is CC(C)C(=O)Nc1ccc(C(=O)N/N=C/c2ccccc2OC(=O)/C=C/c2ccccc2OC(=O)c2ccc(Br)cc2)cc1. The number of benzene rings is 4. The minimum atomic E-state index is -0.673. The molecule has 9 nitrogen and oxygen atoms in total. The van der Waals surface area contributed by atoms with E-state index in [0.29, 0.717) is 27.9 Å². The number of hydrogen-bond acceptors (Lipinski definition) is 7. The lowest BCUT2D eigenvalue weighted by Gasteiger charge is -2.08. The molecule has 222 valence electrons. The Kier molecular flexibility index (Phi) is 10.9. The van der Waals surface area contributed by atoms with Gasteiger partial charge in [0, 0.05) is 38.8 Å². The minimum Gasteiger partial charge on any atom is -0.423 e. The smallest absolute Gasteiger partial charge is 0.343 e. The fourth-order valence-corrected chi connectivity index (χ4v) is 3.92. The Morgan fingerprint density at radius 3 is 2.00 bits per heavy atom. The highest BCUT2D eigenvalue weighted by Crippen LogP contribution is 2.22. The van der Waals surface area contributed by atoms with Crippen LogP contribution in [0.3, 0.4) is 0 Å². The molecule has 4 aromatic rings. The Morgan fingerprint density at radius 2 is 1.34 bits per heavy atom. The highest BCUT2D eigenvalue weighted by Gasteiger charge is 2.12. The van der Waals surface area contributed by atoms with E-state index in [1.807, 2.05) is 0 Å². The first-order valence-electron chi connectivity index (χ1n) is 13.5. The highest BCUT2D eigenvalue weighted by molar-refractivity contribution is 9.10. The van der Waals surface area contributed by atoms with E-state index in [4.69, 9.17) is 9.47 Å². The fourth-order valence-electron chi connectivity index (χ4n) is 3.65. The number of para-hydroxylation sites is 2. The number of hydrogen-bond donors (Lipinski definition) is 2. The van der Waals surface area contributed by atoms with Crippen LogP contribution in [0.1, 0.15) is 45.7 Å². The van der Waals surface area contributed by atoms with Crippen LogP contribution in [0.15, 0.2) is 113 Å². The molecule has 0 heterocycles. The number of nitrogens with zero attached hydrogens (tertiary/aromatic N) is 1. The predicted molar refractivity (Wildman–Crippen MR) is 172 cm³/mol. The molecule has 0 bridgehead atoms. The number of carbonyl (C=O) groups excluding carboxylic acids is 4. The lowest BCUT2D eigenvalue weighted by atomic mass is 10.1. The number of ether oxygens (including phenoxy) is 2. The lowest BCUT2D eigenvalue weighted by Crippen LogP contribution is -2.19. The summed E-state index contributed by atoms with van der Waals surface area (Å²) in [7, 11) is 0. The van der Waals surface area contributed by atoms with E-state index in [9.17, 15) is 19.2 Å². The number of halogens is 1. The van der Waals surface area contributed by atoms with Crippen LogP contribution in [-0.2, 0) is 9.59 Å². The average molecular weight is 655 g/mol.